The van der Waals surface area contributed by atoms with Crippen LogP contribution >= 0.6 is 0 Å². The zero-order valence-corrected chi connectivity index (χ0v) is 46.1. The number of nitrogens with zero attached hydrogens (tertiary/aromatic N) is 1. The predicted molar refractivity (Wildman–Crippen MR) is 276 cm³/mol. The summed E-state index contributed by atoms with van der Waals surface area (Å²) in [5, 5.41) is 21.9. The van der Waals surface area contributed by atoms with Gasteiger partial charge in [-0.1, -0.05) is 98.8 Å². The Bertz CT molecular complexity index is 1850. The molecule has 14 heteroatoms. The van der Waals surface area contributed by atoms with Gasteiger partial charge in [-0.2, -0.15) is 0 Å². The van der Waals surface area contributed by atoms with Crippen LogP contribution in [0.4, 0.5) is 0 Å². The van der Waals surface area contributed by atoms with Crippen LogP contribution in [0.25, 0.3) is 0 Å². The van der Waals surface area contributed by atoms with Gasteiger partial charge in [0.05, 0.1) is 30.8 Å². The zero-order chi connectivity index (χ0) is 53.7. The van der Waals surface area contributed by atoms with Crippen LogP contribution in [-0.2, 0) is 52.5 Å². The molecule has 0 aromatic carbocycles. The molecular formula is C57H93NO13. The number of ether oxygens (including phenoxy) is 5. The maximum absolute atomic E-state index is 14.1. The van der Waals surface area contributed by atoms with Gasteiger partial charge < -0.3 is 38.8 Å². The van der Waals surface area contributed by atoms with Gasteiger partial charge in [0.1, 0.15) is 30.1 Å². The molecule has 0 spiro atoms. The predicted octanol–water partition coefficient (Wildman–Crippen LogP) is 8.93. The Labute approximate surface area is 426 Å². The number of aliphatic hydroxyl groups excluding tert-OH is 2. The zero-order valence-electron chi connectivity index (χ0n) is 46.1. The van der Waals surface area contributed by atoms with Crippen molar-refractivity contribution in [1.82, 2.24) is 4.90 Å². The van der Waals surface area contributed by atoms with Crippen LogP contribution < -0.4 is 0 Å². The van der Waals surface area contributed by atoms with Crippen LogP contribution in [0.3, 0.4) is 0 Å². The molecule has 4 aliphatic rings. The molecule has 0 aromatic heterocycles. The van der Waals surface area contributed by atoms with Crippen LogP contribution in [-0.4, -0.2) is 127 Å². The lowest BCUT2D eigenvalue weighted by atomic mass is 9.70. The van der Waals surface area contributed by atoms with Crippen molar-refractivity contribution < 1.29 is 62.7 Å². The fourth-order valence-corrected chi connectivity index (χ4v) is 9.94. The summed E-state index contributed by atoms with van der Waals surface area (Å²) >= 11 is 0. The fourth-order valence-electron chi connectivity index (χ4n) is 9.94. The summed E-state index contributed by atoms with van der Waals surface area (Å²) in [6.07, 6.45) is 14.0. The van der Waals surface area contributed by atoms with Crippen molar-refractivity contribution in [2.45, 2.75) is 196 Å². The maximum atomic E-state index is 14.1. The number of esters is 2. The normalized spacial score (nSPS) is 27.9. The smallest absolute Gasteiger partial charge is 0.329 e. The van der Waals surface area contributed by atoms with Crippen LogP contribution in [0, 0.1) is 46.8 Å². The van der Waals surface area contributed by atoms with Crippen molar-refractivity contribution >= 4 is 35.2 Å². The van der Waals surface area contributed by atoms with E-state index in [0.29, 0.717) is 57.1 Å². The summed E-state index contributed by atoms with van der Waals surface area (Å²) in [6.45, 7) is 23.3. The number of carbonyl (C=O) groups excluding carboxylic acids is 6. The third kappa shape index (κ3) is 18.9. The van der Waals surface area contributed by atoms with E-state index in [1.165, 1.54) is 12.0 Å². The first-order valence-electron chi connectivity index (χ1n) is 26.4. The minimum Gasteiger partial charge on any atom is -0.465 e. The van der Waals surface area contributed by atoms with Crippen molar-refractivity contribution in [2.75, 3.05) is 34.5 Å². The van der Waals surface area contributed by atoms with Crippen LogP contribution in [0.5, 0.6) is 0 Å². The van der Waals surface area contributed by atoms with Crippen LogP contribution in [0.15, 0.2) is 47.6 Å². The molecule has 1 saturated carbocycles. The number of hydrogen-bond acceptors (Lipinski definition) is 13. The highest BCUT2D eigenvalue weighted by atomic mass is 16.5. The third-order valence-electron chi connectivity index (χ3n) is 15.4. The van der Waals surface area contributed by atoms with Gasteiger partial charge in [0.2, 0.25) is 5.78 Å². The van der Waals surface area contributed by atoms with E-state index in [9.17, 15) is 39.0 Å². The summed E-state index contributed by atoms with van der Waals surface area (Å²) < 4.78 is 27.4. The number of amides is 1. The number of piperidine rings is 1. The van der Waals surface area contributed by atoms with Crippen LogP contribution in [0.2, 0.25) is 0 Å². The summed E-state index contributed by atoms with van der Waals surface area (Å²) in [5.41, 5.74) is 0.654. The SMILES string of the molecule is CC.CCC(C)(C)C(=O)C(=O)N1CC[C@H]2C[C@H]1C(=O)O[C@@H](CC(=O)[C@H](C)/C=C(\C)[C@@H](O)[C@@H](OC)C(=O)[C@H](C)C[C@H](C)/C=C/C=C/C=C(\C)[C@H](C)OC)C2C[C@@H]1CC[C@@H](O)[C@H](OC)C1.C[C@@H]1CCCOC1=O. The Kier molecular flexibility index (Phi) is 27.7. The minimum atomic E-state index is -1.28. The lowest BCUT2D eigenvalue weighted by molar-refractivity contribution is -0.163. The van der Waals surface area contributed by atoms with Gasteiger partial charge in [0.15, 0.2) is 5.78 Å². The molecule has 4 fully saturated rings. The second-order valence-electron chi connectivity index (χ2n) is 21.0. The first-order valence-corrected chi connectivity index (χ1v) is 26.4. The molecule has 3 aliphatic heterocycles. The van der Waals surface area contributed by atoms with E-state index in [4.69, 9.17) is 23.7 Å². The average Bonchev–Trinajstić information content (AvgIpc) is 3.44. The molecule has 71 heavy (non-hydrogen) atoms. The van der Waals surface area contributed by atoms with E-state index in [-0.39, 0.29) is 72.3 Å². The fraction of sp³-hybridized carbons (Fsp3) is 0.754. The Morgan fingerprint density at radius 2 is 1.58 bits per heavy atom. The molecule has 0 aromatic rings. The molecule has 4 rings (SSSR count). The summed E-state index contributed by atoms with van der Waals surface area (Å²) in [7, 11) is 4.66. The number of Topliss-reactive ketones (excluding diaryl/α,β-unsaturated/α-hetero) is 3. The van der Waals surface area contributed by atoms with Gasteiger partial charge in [-0.15, -0.1) is 0 Å². The molecular weight excluding hydrogens is 907 g/mol. The third-order valence-corrected chi connectivity index (χ3v) is 15.4. The van der Waals surface area contributed by atoms with E-state index in [2.05, 4.69) is 0 Å². The molecule has 14 atom stereocenters. The highest BCUT2D eigenvalue weighted by Crippen LogP contribution is 2.43. The Hall–Kier alpha value is -3.82. The number of cyclic esters (lactones) is 2. The van der Waals surface area contributed by atoms with Crippen LogP contribution in [0.1, 0.15) is 154 Å². The minimum absolute atomic E-state index is 0.0312. The molecule has 404 valence electrons. The van der Waals surface area contributed by atoms with Gasteiger partial charge in [-0.25, -0.2) is 4.79 Å². The quantitative estimate of drug-likeness (QED) is 0.0453. The van der Waals surface area contributed by atoms with Crippen molar-refractivity contribution in [1.29, 1.82) is 0 Å². The second-order valence-corrected chi connectivity index (χ2v) is 21.0. The highest BCUT2D eigenvalue weighted by Gasteiger charge is 2.50. The number of carbonyl (C=O) groups is 6. The van der Waals surface area contributed by atoms with E-state index >= 15 is 0 Å². The number of ketones is 3. The Morgan fingerprint density at radius 1 is 0.901 bits per heavy atom. The van der Waals surface area contributed by atoms with Crippen molar-refractivity contribution in [3.8, 4) is 0 Å². The van der Waals surface area contributed by atoms with Gasteiger partial charge in [0.25, 0.3) is 5.91 Å². The Morgan fingerprint density at radius 3 is 2.15 bits per heavy atom. The van der Waals surface area contributed by atoms with Crippen molar-refractivity contribution in [3.05, 3.63) is 47.6 Å². The molecule has 0 radical (unpaired) electrons. The molecule has 1 aliphatic carbocycles. The maximum Gasteiger partial charge on any atom is 0.329 e. The number of hydrogen-bond donors (Lipinski definition) is 2. The number of aliphatic hydroxyl groups is 2. The topological polar surface area (TPSA) is 192 Å². The largest absolute Gasteiger partial charge is 0.465 e. The van der Waals surface area contributed by atoms with E-state index in [1.54, 1.807) is 48.0 Å². The highest BCUT2D eigenvalue weighted by molar-refractivity contribution is 6.38. The monoisotopic (exact) mass is 1000 g/mol. The van der Waals surface area contributed by atoms with E-state index in [0.717, 1.165) is 24.8 Å². The van der Waals surface area contributed by atoms with Gasteiger partial charge >= 0.3 is 11.9 Å². The average molecular weight is 1000 g/mol. The first-order chi connectivity index (χ1) is 33.5. The number of fused-ring (bicyclic) bond motifs is 2. The number of allylic oxidation sites excluding steroid dienone is 6. The lowest BCUT2D eigenvalue weighted by Gasteiger charge is -2.40. The molecule has 2 bridgehead atoms. The lowest BCUT2D eigenvalue weighted by Crippen LogP contribution is -2.54. The molecule has 2 N–H and O–H groups in total. The number of methoxy groups -OCH3 is 3. The van der Waals surface area contributed by atoms with Gasteiger partial charge in [-0.05, 0) is 120 Å². The van der Waals surface area contributed by atoms with E-state index < -0.39 is 65.4 Å². The van der Waals surface area contributed by atoms with Gasteiger partial charge in [0, 0.05) is 51.5 Å². The molecule has 1 amide bonds. The van der Waals surface area contributed by atoms with E-state index in [1.807, 2.05) is 85.8 Å². The molecule has 3 saturated heterocycles. The summed E-state index contributed by atoms with van der Waals surface area (Å²) in [6, 6.07) is -0.927. The van der Waals surface area contributed by atoms with Crippen molar-refractivity contribution in [3.63, 3.8) is 0 Å². The molecule has 14 nitrogen and oxygen atoms in total. The molecule has 3 heterocycles. The number of likely N-dealkylation sites (tertiary alicyclic amines) is 1. The summed E-state index contributed by atoms with van der Waals surface area (Å²) in [4.78, 5) is 80.4. The Balaban J connectivity index is 0.00000155. The standard InChI is InChI=1S/C49H77NO11.C6H10O2.C2H6/c1-13-49(8,9)46(55)47(56)50-22-21-36-27-38(50)48(57)61-41(37(36)25-35-19-20-39(51)42(26-35)59-11)28-40(52)31(4)24-33(6)44(54)45(60-12)43(53)32(5)23-29(2)17-15-14-16-18-30(3)34(7)58-10;1-5-3-2-4-8-6(5)7;1-2/h14-18,24,29,31-32,34-39,41-42,44-45,51,54H,13,19-23,25-28H2,1-12H3;5H,2-4H2,1H3;1-2H3/b16-14+,17-15+,30-18+,33-24+;;/t29-,31-,32-,34+,35+,36+,37?,38+,39-,41+,42-,44-,45+;5-;/m11./s1. The number of rotatable bonds is 22. The summed E-state index contributed by atoms with van der Waals surface area (Å²) in [5.74, 6) is -3.24. The van der Waals surface area contributed by atoms with Gasteiger partial charge in [-0.3, -0.25) is 24.0 Å². The van der Waals surface area contributed by atoms with Crippen molar-refractivity contribution in [2.24, 2.45) is 46.8 Å². The second kappa shape index (κ2) is 31.0. The first kappa shape index (κ1) is 63.3. The molecule has 1 unspecified atom stereocenters.